The van der Waals surface area contributed by atoms with E-state index < -0.39 is 0 Å². The first-order valence-electron chi connectivity index (χ1n) is 8.22. The van der Waals surface area contributed by atoms with Crippen molar-refractivity contribution in [3.8, 4) is 0 Å². The van der Waals surface area contributed by atoms with Gasteiger partial charge in [-0.25, -0.2) is 4.98 Å². The molecule has 1 aromatic carbocycles. The molecular weight excluding hydrogens is 318 g/mol. The summed E-state index contributed by atoms with van der Waals surface area (Å²) in [6.07, 6.45) is 3.52. The normalized spacial score (nSPS) is 17.6. The highest BCUT2D eigenvalue weighted by atomic mass is 16.1. The Balaban J connectivity index is 1.59. The number of nitrogens with one attached hydrogen (secondary N) is 1. The van der Waals surface area contributed by atoms with Crippen molar-refractivity contribution in [2.24, 2.45) is 0 Å². The predicted molar refractivity (Wildman–Crippen MR) is 92.5 cm³/mol. The van der Waals surface area contributed by atoms with Crippen LogP contribution in [0.25, 0.3) is 16.6 Å². The first-order chi connectivity index (χ1) is 12.3. The first kappa shape index (κ1) is 14.1. The van der Waals surface area contributed by atoms with Crippen molar-refractivity contribution in [3.05, 3.63) is 58.9 Å². The van der Waals surface area contributed by atoms with E-state index in [1.807, 2.05) is 30.3 Å². The van der Waals surface area contributed by atoms with Crippen molar-refractivity contribution in [1.82, 2.24) is 29.8 Å². The van der Waals surface area contributed by atoms with E-state index in [0.29, 0.717) is 16.9 Å². The van der Waals surface area contributed by atoms with Gasteiger partial charge in [0.05, 0.1) is 16.9 Å². The Morgan fingerprint density at radius 3 is 3.04 bits per heavy atom. The van der Waals surface area contributed by atoms with Crippen LogP contribution in [-0.4, -0.2) is 36.3 Å². The van der Waals surface area contributed by atoms with E-state index >= 15 is 0 Å². The standard InChI is InChI=1S/C17H15N7O/c25-17-11-4-1-2-5-12(11)19-16(20-17)13-6-3-9-23(13)15-8-7-14-21-18-10-24(14)22-15/h1-2,4-5,7-8,10,13H,3,6,9H2,(H,19,20,25). The van der Waals surface area contributed by atoms with Crippen LogP contribution in [0, 0.1) is 0 Å². The molecule has 1 aliphatic heterocycles. The number of fused-ring (bicyclic) bond motifs is 2. The molecule has 25 heavy (non-hydrogen) atoms. The van der Waals surface area contributed by atoms with Gasteiger partial charge in [0.1, 0.15) is 18.0 Å². The molecule has 1 aliphatic rings. The van der Waals surface area contributed by atoms with Crippen LogP contribution in [0.1, 0.15) is 24.7 Å². The zero-order chi connectivity index (χ0) is 16.8. The Morgan fingerprint density at radius 1 is 1.16 bits per heavy atom. The highest BCUT2D eigenvalue weighted by Crippen LogP contribution is 2.33. The molecule has 1 atom stereocenters. The lowest BCUT2D eigenvalue weighted by Crippen LogP contribution is -2.27. The molecule has 0 bridgehead atoms. The Bertz CT molecular complexity index is 1130. The largest absolute Gasteiger partial charge is 0.345 e. The third kappa shape index (κ3) is 2.25. The molecular formula is C17H15N7O. The highest BCUT2D eigenvalue weighted by Gasteiger charge is 2.29. The van der Waals surface area contributed by atoms with E-state index in [2.05, 4.69) is 30.2 Å². The average molecular weight is 333 g/mol. The van der Waals surface area contributed by atoms with Gasteiger partial charge in [0.15, 0.2) is 5.65 Å². The zero-order valence-electron chi connectivity index (χ0n) is 13.3. The van der Waals surface area contributed by atoms with Crippen LogP contribution in [0.4, 0.5) is 5.82 Å². The average Bonchev–Trinajstić information content (AvgIpc) is 3.30. The SMILES string of the molecule is O=c1[nH]c(C2CCCN2c2ccc3nncn3n2)nc2ccccc12. The van der Waals surface area contributed by atoms with Crippen LogP contribution in [0.15, 0.2) is 47.5 Å². The predicted octanol–water partition coefficient (Wildman–Crippen LogP) is 1.70. The van der Waals surface area contributed by atoms with Crippen LogP contribution >= 0.6 is 0 Å². The van der Waals surface area contributed by atoms with E-state index in [0.717, 1.165) is 30.7 Å². The molecule has 0 saturated carbocycles. The third-order valence-electron chi connectivity index (χ3n) is 4.64. The van der Waals surface area contributed by atoms with Gasteiger partial charge in [0.25, 0.3) is 5.56 Å². The summed E-state index contributed by atoms with van der Waals surface area (Å²) in [5, 5.41) is 13.0. The summed E-state index contributed by atoms with van der Waals surface area (Å²) in [5.41, 5.74) is 1.32. The van der Waals surface area contributed by atoms with E-state index in [4.69, 9.17) is 0 Å². The second-order valence-corrected chi connectivity index (χ2v) is 6.14. The molecule has 1 unspecified atom stereocenters. The molecule has 4 heterocycles. The van der Waals surface area contributed by atoms with E-state index in [1.54, 1.807) is 16.9 Å². The van der Waals surface area contributed by atoms with Crippen LogP contribution in [-0.2, 0) is 0 Å². The summed E-state index contributed by atoms with van der Waals surface area (Å²) < 4.78 is 1.65. The Labute approximate surface area is 142 Å². The number of para-hydroxylation sites is 1. The number of hydrogen-bond acceptors (Lipinski definition) is 6. The number of aromatic amines is 1. The van der Waals surface area contributed by atoms with Gasteiger partial charge in [0.2, 0.25) is 0 Å². The van der Waals surface area contributed by atoms with Crippen molar-refractivity contribution < 1.29 is 0 Å². The fourth-order valence-electron chi connectivity index (χ4n) is 3.46. The second kappa shape index (κ2) is 5.37. The number of nitrogens with zero attached hydrogens (tertiary/aromatic N) is 6. The van der Waals surface area contributed by atoms with Crippen molar-refractivity contribution in [3.63, 3.8) is 0 Å². The molecule has 124 valence electrons. The summed E-state index contributed by atoms with van der Waals surface area (Å²) >= 11 is 0. The molecule has 0 amide bonds. The maximum absolute atomic E-state index is 12.4. The Kier molecular flexibility index (Phi) is 3.03. The van der Waals surface area contributed by atoms with Gasteiger partial charge in [-0.1, -0.05) is 12.1 Å². The number of anilines is 1. The molecule has 4 aromatic rings. The van der Waals surface area contributed by atoms with Crippen LogP contribution in [0.3, 0.4) is 0 Å². The maximum Gasteiger partial charge on any atom is 0.258 e. The topological polar surface area (TPSA) is 92.1 Å². The lowest BCUT2D eigenvalue weighted by Gasteiger charge is -2.24. The molecule has 3 aromatic heterocycles. The first-order valence-corrected chi connectivity index (χ1v) is 8.22. The Morgan fingerprint density at radius 2 is 2.08 bits per heavy atom. The van der Waals surface area contributed by atoms with Crippen LogP contribution in [0.2, 0.25) is 0 Å². The number of hydrogen-bond donors (Lipinski definition) is 1. The van der Waals surface area contributed by atoms with Crippen molar-refractivity contribution in [1.29, 1.82) is 0 Å². The monoisotopic (exact) mass is 333 g/mol. The van der Waals surface area contributed by atoms with Gasteiger partial charge in [-0.15, -0.1) is 15.3 Å². The molecule has 8 heteroatoms. The molecule has 0 radical (unpaired) electrons. The highest BCUT2D eigenvalue weighted by molar-refractivity contribution is 5.77. The van der Waals surface area contributed by atoms with Gasteiger partial charge in [-0.3, -0.25) is 4.79 Å². The van der Waals surface area contributed by atoms with E-state index in [-0.39, 0.29) is 11.6 Å². The van der Waals surface area contributed by atoms with Crippen LogP contribution < -0.4 is 10.5 Å². The number of H-pyrrole nitrogens is 1. The van der Waals surface area contributed by atoms with Crippen molar-refractivity contribution in [2.45, 2.75) is 18.9 Å². The summed E-state index contributed by atoms with van der Waals surface area (Å²) in [6, 6.07) is 11.2. The summed E-state index contributed by atoms with van der Waals surface area (Å²) in [4.78, 5) is 22.2. The number of aromatic nitrogens is 6. The molecule has 0 spiro atoms. The third-order valence-corrected chi connectivity index (χ3v) is 4.64. The fraction of sp³-hybridized carbons (Fsp3) is 0.235. The zero-order valence-corrected chi connectivity index (χ0v) is 13.3. The smallest absolute Gasteiger partial charge is 0.258 e. The summed E-state index contributed by atoms with van der Waals surface area (Å²) in [6.45, 7) is 0.863. The summed E-state index contributed by atoms with van der Waals surface area (Å²) in [5.74, 6) is 1.51. The van der Waals surface area contributed by atoms with Crippen LogP contribution in [0.5, 0.6) is 0 Å². The van der Waals surface area contributed by atoms with Gasteiger partial charge in [-0.05, 0) is 37.1 Å². The van der Waals surface area contributed by atoms with Crippen molar-refractivity contribution in [2.75, 3.05) is 11.4 Å². The molecule has 1 N–H and O–H groups in total. The van der Waals surface area contributed by atoms with Crippen molar-refractivity contribution >= 4 is 22.4 Å². The van der Waals surface area contributed by atoms with Gasteiger partial charge in [0, 0.05) is 6.54 Å². The number of rotatable bonds is 2. The lowest BCUT2D eigenvalue weighted by molar-refractivity contribution is 0.655. The molecule has 1 saturated heterocycles. The van der Waals surface area contributed by atoms with Gasteiger partial charge >= 0.3 is 0 Å². The van der Waals surface area contributed by atoms with Gasteiger partial charge < -0.3 is 9.88 Å². The lowest BCUT2D eigenvalue weighted by atomic mass is 10.2. The van der Waals surface area contributed by atoms with E-state index in [1.165, 1.54) is 0 Å². The fourth-order valence-corrected chi connectivity index (χ4v) is 3.46. The second-order valence-electron chi connectivity index (χ2n) is 6.14. The van der Waals surface area contributed by atoms with Gasteiger partial charge in [-0.2, -0.15) is 4.52 Å². The number of benzene rings is 1. The minimum atomic E-state index is -0.102. The summed E-state index contributed by atoms with van der Waals surface area (Å²) in [7, 11) is 0. The maximum atomic E-state index is 12.4. The molecule has 1 fully saturated rings. The molecule has 5 rings (SSSR count). The van der Waals surface area contributed by atoms with E-state index in [9.17, 15) is 4.79 Å². The minimum Gasteiger partial charge on any atom is -0.345 e. The molecule has 8 nitrogen and oxygen atoms in total. The minimum absolute atomic E-state index is 0.00117. The Hall–Kier alpha value is -3.29. The quantitative estimate of drug-likeness (QED) is 0.600. The molecule has 0 aliphatic carbocycles.